The molecule has 1 aromatic heterocycles. The Morgan fingerprint density at radius 2 is 2.22 bits per heavy atom. The summed E-state index contributed by atoms with van der Waals surface area (Å²) >= 11 is 5.56. The molecule has 0 atom stereocenters. The van der Waals surface area contributed by atoms with Gasteiger partial charge in [-0.25, -0.2) is 13.8 Å². The summed E-state index contributed by atoms with van der Waals surface area (Å²) in [7, 11) is 0. The van der Waals surface area contributed by atoms with Crippen LogP contribution >= 0.6 is 11.6 Å². The van der Waals surface area contributed by atoms with Crippen LogP contribution in [-0.4, -0.2) is 17.6 Å². The SMILES string of the molecule is CCOC(=O)Cc1c(CCl)cnc(F)c1C(F)F. The van der Waals surface area contributed by atoms with Crippen molar-refractivity contribution in [2.75, 3.05) is 6.61 Å². The van der Waals surface area contributed by atoms with Crippen LogP contribution in [0.2, 0.25) is 0 Å². The van der Waals surface area contributed by atoms with E-state index in [0.29, 0.717) is 0 Å². The van der Waals surface area contributed by atoms with Gasteiger partial charge in [-0.1, -0.05) is 0 Å². The highest BCUT2D eigenvalue weighted by atomic mass is 35.5. The fourth-order valence-electron chi connectivity index (χ4n) is 1.48. The zero-order valence-electron chi connectivity index (χ0n) is 9.55. The van der Waals surface area contributed by atoms with Crippen LogP contribution < -0.4 is 0 Å². The number of alkyl halides is 3. The monoisotopic (exact) mass is 281 g/mol. The molecule has 18 heavy (non-hydrogen) atoms. The Bertz CT molecular complexity index is 441. The largest absolute Gasteiger partial charge is 0.466 e. The number of hydrogen-bond donors (Lipinski definition) is 0. The molecular weight excluding hydrogens is 271 g/mol. The number of ether oxygens (including phenoxy) is 1. The molecule has 0 fully saturated rings. The fourth-order valence-corrected chi connectivity index (χ4v) is 1.71. The second-order valence-electron chi connectivity index (χ2n) is 3.38. The summed E-state index contributed by atoms with van der Waals surface area (Å²) in [4.78, 5) is 14.5. The van der Waals surface area contributed by atoms with Gasteiger partial charge < -0.3 is 4.74 Å². The molecule has 0 bridgehead atoms. The summed E-state index contributed by atoms with van der Waals surface area (Å²) < 4.78 is 43.4. The van der Waals surface area contributed by atoms with Gasteiger partial charge >= 0.3 is 5.97 Å². The maximum absolute atomic E-state index is 13.3. The molecule has 0 aliphatic carbocycles. The maximum Gasteiger partial charge on any atom is 0.310 e. The lowest BCUT2D eigenvalue weighted by Gasteiger charge is -2.12. The van der Waals surface area contributed by atoms with Gasteiger partial charge in [0.1, 0.15) is 0 Å². The molecule has 1 aromatic rings. The van der Waals surface area contributed by atoms with Crippen LogP contribution in [0, 0.1) is 5.95 Å². The van der Waals surface area contributed by atoms with Crippen LogP contribution in [0.15, 0.2) is 6.20 Å². The first-order valence-electron chi connectivity index (χ1n) is 5.17. The standard InChI is InChI=1S/C11H11ClF3NO2/c1-2-18-8(17)3-7-6(4-12)5-16-11(15)9(7)10(13)14/h5,10H,2-4H2,1H3. The predicted octanol–water partition coefficient (Wildman–Crippen LogP) is 3.00. The molecule has 0 saturated heterocycles. The van der Waals surface area contributed by atoms with Crippen molar-refractivity contribution in [1.82, 2.24) is 4.98 Å². The topological polar surface area (TPSA) is 39.2 Å². The van der Waals surface area contributed by atoms with Gasteiger partial charge in [0.25, 0.3) is 6.43 Å². The summed E-state index contributed by atoms with van der Waals surface area (Å²) in [6.07, 6.45) is -2.47. The van der Waals surface area contributed by atoms with Gasteiger partial charge in [0.2, 0.25) is 5.95 Å². The minimum absolute atomic E-state index is 0.118. The number of hydrogen-bond acceptors (Lipinski definition) is 3. The van der Waals surface area contributed by atoms with E-state index in [0.717, 1.165) is 6.20 Å². The van der Waals surface area contributed by atoms with Crippen molar-refractivity contribution >= 4 is 17.6 Å². The Labute approximate surface area is 107 Å². The van der Waals surface area contributed by atoms with E-state index in [1.807, 2.05) is 0 Å². The molecule has 0 aliphatic heterocycles. The summed E-state index contributed by atoms with van der Waals surface area (Å²) in [5, 5.41) is 0. The third kappa shape index (κ3) is 3.35. The molecule has 1 rings (SSSR count). The van der Waals surface area contributed by atoms with Gasteiger partial charge in [-0.15, -0.1) is 11.6 Å². The molecule has 0 aliphatic rings. The average molecular weight is 282 g/mol. The van der Waals surface area contributed by atoms with E-state index in [-0.39, 0.29) is 23.6 Å². The van der Waals surface area contributed by atoms with Gasteiger partial charge in [0, 0.05) is 12.1 Å². The molecular formula is C11H11ClF3NO2. The van der Waals surface area contributed by atoms with Crippen molar-refractivity contribution in [1.29, 1.82) is 0 Å². The minimum atomic E-state index is -3.06. The number of carbonyl (C=O) groups excluding carboxylic acids is 1. The first-order valence-corrected chi connectivity index (χ1v) is 5.70. The Balaban J connectivity index is 3.19. The van der Waals surface area contributed by atoms with Crippen LogP contribution in [0.4, 0.5) is 13.2 Å². The Hall–Kier alpha value is -1.30. The number of halogens is 4. The molecule has 100 valence electrons. The molecule has 0 N–H and O–H groups in total. The summed E-state index contributed by atoms with van der Waals surface area (Å²) in [6.45, 7) is 1.70. The molecule has 0 amide bonds. The molecule has 3 nitrogen and oxygen atoms in total. The lowest BCUT2D eigenvalue weighted by atomic mass is 10.0. The fraction of sp³-hybridized carbons (Fsp3) is 0.455. The highest BCUT2D eigenvalue weighted by Gasteiger charge is 2.24. The number of esters is 1. The van der Waals surface area contributed by atoms with Crippen molar-refractivity contribution in [3.63, 3.8) is 0 Å². The van der Waals surface area contributed by atoms with Crippen molar-refractivity contribution in [2.24, 2.45) is 0 Å². The first kappa shape index (κ1) is 14.8. The van der Waals surface area contributed by atoms with Crippen LogP contribution in [0.1, 0.15) is 30.0 Å². The Morgan fingerprint density at radius 1 is 1.56 bits per heavy atom. The normalized spacial score (nSPS) is 10.8. The number of carbonyl (C=O) groups is 1. The van der Waals surface area contributed by atoms with E-state index >= 15 is 0 Å². The van der Waals surface area contributed by atoms with Gasteiger partial charge in [-0.05, 0) is 18.1 Å². The number of pyridine rings is 1. The van der Waals surface area contributed by atoms with Crippen molar-refractivity contribution in [3.8, 4) is 0 Å². The number of rotatable bonds is 5. The molecule has 0 spiro atoms. The Kier molecular flexibility index (Phi) is 5.40. The molecule has 0 unspecified atom stereocenters. The van der Waals surface area contributed by atoms with Crippen LogP contribution in [0.25, 0.3) is 0 Å². The smallest absolute Gasteiger partial charge is 0.310 e. The molecule has 0 aromatic carbocycles. The van der Waals surface area contributed by atoms with E-state index in [4.69, 9.17) is 11.6 Å². The van der Waals surface area contributed by atoms with Crippen LogP contribution in [-0.2, 0) is 21.8 Å². The quantitative estimate of drug-likeness (QED) is 0.473. The van der Waals surface area contributed by atoms with Gasteiger partial charge in [-0.3, -0.25) is 4.79 Å². The van der Waals surface area contributed by atoms with Gasteiger partial charge in [0.15, 0.2) is 0 Å². The van der Waals surface area contributed by atoms with Crippen molar-refractivity contribution in [3.05, 3.63) is 28.8 Å². The average Bonchev–Trinajstić information content (AvgIpc) is 2.29. The third-order valence-electron chi connectivity index (χ3n) is 2.26. The Morgan fingerprint density at radius 3 is 2.72 bits per heavy atom. The number of nitrogens with zero attached hydrogens (tertiary/aromatic N) is 1. The van der Waals surface area contributed by atoms with Gasteiger partial charge in [-0.2, -0.15) is 4.39 Å². The highest BCUT2D eigenvalue weighted by Crippen LogP contribution is 2.28. The van der Waals surface area contributed by atoms with E-state index in [2.05, 4.69) is 9.72 Å². The summed E-state index contributed by atoms with van der Waals surface area (Å²) in [6, 6.07) is 0. The lowest BCUT2D eigenvalue weighted by molar-refractivity contribution is -0.142. The maximum atomic E-state index is 13.3. The van der Waals surface area contributed by atoms with Crippen LogP contribution in [0.3, 0.4) is 0 Å². The van der Waals surface area contributed by atoms with E-state index in [1.54, 1.807) is 6.92 Å². The van der Waals surface area contributed by atoms with Crippen molar-refractivity contribution < 1.29 is 22.7 Å². The molecule has 0 saturated carbocycles. The van der Waals surface area contributed by atoms with Gasteiger partial charge in [0.05, 0.1) is 18.6 Å². The zero-order valence-corrected chi connectivity index (χ0v) is 10.3. The summed E-state index contributed by atoms with van der Waals surface area (Å²) in [5.41, 5.74) is -0.839. The second kappa shape index (κ2) is 6.58. The predicted molar refractivity (Wildman–Crippen MR) is 59.0 cm³/mol. The molecule has 0 radical (unpaired) electrons. The third-order valence-corrected chi connectivity index (χ3v) is 2.55. The van der Waals surface area contributed by atoms with E-state index in [9.17, 15) is 18.0 Å². The highest BCUT2D eigenvalue weighted by molar-refractivity contribution is 6.17. The second-order valence-corrected chi connectivity index (χ2v) is 3.65. The van der Waals surface area contributed by atoms with Crippen LogP contribution in [0.5, 0.6) is 0 Å². The van der Waals surface area contributed by atoms with E-state index < -0.39 is 30.3 Å². The number of aromatic nitrogens is 1. The summed E-state index contributed by atoms with van der Waals surface area (Å²) in [5.74, 6) is -2.14. The zero-order chi connectivity index (χ0) is 13.7. The van der Waals surface area contributed by atoms with Crippen molar-refractivity contribution in [2.45, 2.75) is 25.7 Å². The van der Waals surface area contributed by atoms with E-state index in [1.165, 1.54) is 0 Å². The minimum Gasteiger partial charge on any atom is -0.466 e. The molecule has 7 heteroatoms. The lowest BCUT2D eigenvalue weighted by Crippen LogP contribution is -2.13. The molecule has 1 heterocycles. The first-order chi connectivity index (χ1) is 8.51.